The summed E-state index contributed by atoms with van der Waals surface area (Å²) in [5.41, 5.74) is 12.1. The van der Waals surface area contributed by atoms with E-state index in [1.54, 1.807) is 12.3 Å². The number of aliphatic imine (C=N–C) groups is 1. The van der Waals surface area contributed by atoms with E-state index < -0.39 is 0 Å². The molecule has 6 nitrogen and oxygen atoms in total. The molecule has 17 heavy (non-hydrogen) atoms. The Balaban J connectivity index is 2.28. The second kappa shape index (κ2) is 4.48. The molecule has 5 N–H and O–H groups in total. The largest absolute Gasteiger partial charge is 0.370 e. The van der Waals surface area contributed by atoms with Gasteiger partial charge in [-0.25, -0.2) is 4.68 Å². The molecule has 1 aromatic carbocycles. The van der Waals surface area contributed by atoms with Gasteiger partial charge < -0.3 is 11.5 Å². The minimum Gasteiger partial charge on any atom is -0.370 e. The van der Waals surface area contributed by atoms with Gasteiger partial charge in [0.05, 0.1) is 5.69 Å². The Bertz CT molecular complexity index is 550. The maximum absolute atomic E-state index is 7.59. The lowest BCUT2D eigenvalue weighted by molar-refractivity contribution is 0.914. The Morgan fingerprint density at radius 2 is 1.88 bits per heavy atom. The van der Waals surface area contributed by atoms with E-state index >= 15 is 0 Å². The van der Waals surface area contributed by atoms with Gasteiger partial charge in [-0.05, 0) is 6.07 Å². The average Bonchev–Trinajstić information content (AvgIpc) is 2.78. The van der Waals surface area contributed by atoms with Gasteiger partial charge in [-0.15, -0.1) is 0 Å². The van der Waals surface area contributed by atoms with Crippen molar-refractivity contribution in [3.63, 3.8) is 0 Å². The van der Waals surface area contributed by atoms with Crippen LogP contribution in [0.1, 0.15) is 0 Å². The van der Waals surface area contributed by atoms with E-state index in [4.69, 9.17) is 16.9 Å². The molecule has 0 unspecified atom stereocenters. The molecule has 0 saturated carbocycles. The van der Waals surface area contributed by atoms with E-state index in [0.29, 0.717) is 0 Å². The zero-order valence-electron chi connectivity index (χ0n) is 9.04. The topological polar surface area (TPSA) is 106 Å². The summed E-state index contributed by atoms with van der Waals surface area (Å²) >= 11 is 0. The zero-order chi connectivity index (χ0) is 12.3. The average molecular weight is 228 g/mol. The van der Waals surface area contributed by atoms with E-state index in [-0.39, 0.29) is 11.9 Å². The van der Waals surface area contributed by atoms with Crippen molar-refractivity contribution in [2.75, 3.05) is 0 Å². The molecule has 0 radical (unpaired) electrons. The van der Waals surface area contributed by atoms with Gasteiger partial charge in [-0.1, -0.05) is 30.3 Å². The van der Waals surface area contributed by atoms with Gasteiger partial charge in [-0.2, -0.15) is 10.1 Å². The number of nitrogens with two attached hydrogens (primary N) is 2. The predicted molar refractivity (Wildman–Crippen MR) is 66.6 cm³/mol. The molecule has 0 aliphatic rings. The quantitative estimate of drug-likeness (QED) is 0.491. The highest BCUT2D eigenvalue weighted by molar-refractivity contribution is 5.92. The molecule has 6 heteroatoms. The molecule has 0 aliphatic carbocycles. The Kier molecular flexibility index (Phi) is 2.87. The summed E-state index contributed by atoms with van der Waals surface area (Å²) in [7, 11) is 0. The molecule has 1 aromatic heterocycles. The van der Waals surface area contributed by atoms with E-state index in [1.807, 2.05) is 30.3 Å². The molecular weight excluding hydrogens is 216 g/mol. The number of nitrogens with one attached hydrogen (secondary N) is 1. The first-order chi connectivity index (χ1) is 8.16. The van der Waals surface area contributed by atoms with Crippen LogP contribution in [0.4, 0.5) is 0 Å². The van der Waals surface area contributed by atoms with Crippen molar-refractivity contribution < 1.29 is 0 Å². The van der Waals surface area contributed by atoms with Crippen LogP contribution < -0.4 is 11.5 Å². The molecule has 86 valence electrons. The number of guanidine groups is 1. The molecular formula is C11H12N6. The normalized spacial score (nSPS) is 9.88. The van der Waals surface area contributed by atoms with Gasteiger partial charge >= 0.3 is 0 Å². The molecule has 0 fully saturated rings. The van der Waals surface area contributed by atoms with Gasteiger partial charge in [-0.3, -0.25) is 5.41 Å². The standard InChI is InChI=1S/C11H12N6/c12-10(13)15-11(14)17-7-6-9(16-17)8-4-2-1-3-5-8/h1-7H,(H5,12,13,14,15). The summed E-state index contributed by atoms with van der Waals surface area (Å²) in [6, 6.07) is 11.5. The fourth-order valence-electron chi connectivity index (χ4n) is 1.38. The third-order valence-electron chi connectivity index (χ3n) is 2.11. The van der Waals surface area contributed by atoms with Crippen LogP contribution in [0, 0.1) is 5.41 Å². The Hall–Kier alpha value is -2.63. The fraction of sp³-hybridized carbons (Fsp3) is 0. The highest BCUT2D eigenvalue weighted by atomic mass is 15.3. The molecule has 0 aliphatic heterocycles. The third kappa shape index (κ3) is 2.49. The van der Waals surface area contributed by atoms with Crippen LogP contribution in [0.2, 0.25) is 0 Å². The highest BCUT2D eigenvalue weighted by Crippen LogP contribution is 2.15. The van der Waals surface area contributed by atoms with E-state index in [2.05, 4.69) is 10.1 Å². The summed E-state index contributed by atoms with van der Waals surface area (Å²) in [5, 5.41) is 11.8. The van der Waals surface area contributed by atoms with Crippen LogP contribution in [0.3, 0.4) is 0 Å². The molecule has 0 amide bonds. The van der Waals surface area contributed by atoms with Crippen LogP contribution in [0.25, 0.3) is 11.3 Å². The Morgan fingerprint density at radius 1 is 1.18 bits per heavy atom. The first kappa shape index (κ1) is 10.9. The summed E-state index contributed by atoms with van der Waals surface area (Å²) in [6.45, 7) is 0. The summed E-state index contributed by atoms with van der Waals surface area (Å²) in [6.07, 6.45) is 1.64. The van der Waals surface area contributed by atoms with Crippen LogP contribution in [-0.4, -0.2) is 21.7 Å². The predicted octanol–water partition coefficient (Wildman–Crippen LogP) is 0.606. The van der Waals surface area contributed by atoms with Crippen molar-refractivity contribution in [2.24, 2.45) is 16.5 Å². The lowest BCUT2D eigenvalue weighted by atomic mass is 10.2. The monoisotopic (exact) mass is 228 g/mol. The van der Waals surface area contributed by atoms with Crippen LogP contribution in [-0.2, 0) is 0 Å². The number of hydrogen-bond acceptors (Lipinski definition) is 2. The molecule has 0 spiro atoms. The van der Waals surface area contributed by atoms with Crippen LogP contribution in [0.5, 0.6) is 0 Å². The minimum atomic E-state index is -0.160. The molecule has 0 bridgehead atoms. The number of nitrogens with zero attached hydrogens (tertiary/aromatic N) is 3. The molecule has 2 aromatic rings. The first-order valence-corrected chi connectivity index (χ1v) is 4.96. The van der Waals surface area contributed by atoms with Crippen molar-refractivity contribution in [3.05, 3.63) is 42.6 Å². The molecule has 1 heterocycles. The maximum Gasteiger partial charge on any atom is 0.246 e. The minimum absolute atomic E-state index is 0.118. The summed E-state index contributed by atoms with van der Waals surface area (Å²) < 4.78 is 1.31. The molecule has 0 saturated heterocycles. The van der Waals surface area contributed by atoms with Crippen molar-refractivity contribution >= 4 is 11.9 Å². The third-order valence-corrected chi connectivity index (χ3v) is 2.11. The fourth-order valence-corrected chi connectivity index (χ4v) is 1.38. The zero-order valence-corrected chi connectivity index (χ0v) is 9.04. The van der Waals surface area contributed by atoms with E-state index in [1.165, 1.54) is 4.68 Å². The molecule has 0 atom stereocenters. The maximum atomic E-state index is 7.59. The number of hydrogen-bond donors (Lipinski definition) is 3. The van der Waals surface area contributed by atoms with Gasteiger partial charge in [0.25, 0.3) is 0 Å². The Labute approximate surface area is 98.1 Å². The van der Waals surface area contributed by atoms with Gasteiger partial charge in [0.2, 0.25) is 5.96 Å². The summed E-state index contributed by atoms with van der Waals surface area (Å²) in [4.78, 5) is 3.61. The van der Waals surface area contributed by atoms with Crippen molar-refractivity contribution in [1.82, 2.24) is 9.78 Å². The van der Waals surface area contributed by atoms with Crippen molar-refractivity contribution in [2.45, 2.75) is 0 Å². The lowest BCUT2D eigenvalue weighted by Gasteiger charge is -1.98. The SMILES string of the molecule is N=C(N=C(N)N)n1ccc(-c2ccccc2)n1. The number of benzene rings is 1. The van der Waals surface area contributed by atoms with Crippen LogP contribution >= 0.6 is 0 Å². The van der Waals surface area contributed by atoms with Gasteiger partial charge in [0.15, 0.2) is 5.96 Å². The lowest BCUT2D eigenvalue weighted by Crippen LogP contribution is -2.25. The second-order valence-electron chi connectivity index (χ2n) is 3.37. The Morgan fingerprint density at radius 3 is 2.53 bits per heavy atom. The smallest absolute Gasteiger partial charge is 0.246 e. The van der Waals surface area contributed by atoms with Gasteiger partial charge in [0, 0.05) is 11.8 Å². The van der Waals surface area contributed by atoms with E-state index in [0.717, 1.165) is 11.3 Å². The van der Waals surface area contributed by atoms with Crippen molar-refractivity contribution in [3.8, 4) is 11.3 Å². The van der Waals surface area contributed by atoms with E-state index in [9.17, 15) is 0 Å². The van der Waals surface area contributed by atoms with Crippen molar-refractivity contribution in [1.29, 1.82) is 5.41 Å². The second-order valence-corrected chi connectivity index (χ2v) is 3.37. The molecule has 2 rings (SSSR count). The first-order valence-electron chi connectivity index (χ1n) is 4.96. The van der Waals surface area contributed by atoms with Crippen LogP contribution in [0.15, 0.2) is 47.6 Å². The highest BCUT2D eigenvalue weighted by Gasteiger charge is 2.04. The number of aromatic nitrogens is 2. The van der Waals surface area contributed by atoms with Gasteiger partial charge in [0.1, 0.15) is 0 Å². The number of rotatable bonds is 1. The summed E-state index contributed by atoms with van der Waals surface area (Å²) in [5.74, 6) is -0.279.